The van der Waals surface area contributed by atoms with Gasteiger partial charge in [-0.25, -0.2) is 0 Å². The van der Waals surface area contributed by atoms with Gasteiger partial charge in [0.15, 0.2) is 11.5 Å². The Hall–Kier alpha value is -0.740. The van der Waals surface area contributed by atoms with E-state index in [2.05, 4.69) is 29.8 Å². The van der Waals surface area contributed by atoms with Gasteiger partial charge in [-0.05, 0) is 31.0 Å². The van der Waals surface area contributed by atoms with Gasteiger partial charge in [-0.1, -0.05) is 35.3 Å². The number of rotatable bonds is 6. The fraction of sp³-hybridized carbons (Fsp3) is 0.571. The number of fused-ring (bicyclic) bond motifs is 1. The van der Waals surface area contributed by atoms with E-state index in [0.29, 0.717) is 6.79 Å². The lowest BCUT2D eigenvalue weighted by Crippen LogP contribution is -2.14. The number of benzene rings is 1. The van der Waals surface area contributed by atoms with Crippen molar-refractivity contribution in [1.29, 1.82) is 0 Å². The normalized spacial score (nSPS) is 16.6. The molecule has 4 heteroatoms. The van der Waals surface area contributed by atoms with Gasteiger partial charge in [0.05, 0.1) is 6.10 Å². The van der Waals surface area contributed by atoms with Gasteiger partial charge in [0.25, 0.3) is 0 Å². The molecule has 0 radical (unpaired) electrons. The molecule has 18 heavy (non-hydrogen) atoms. The first-order valence-corrected chi connectivity index (χ1v) is 7.29. The molecule has 1 heterocycles. The minimum absolute atomic E-state index is 0.0473. The van der Waals surface area contributed by atoms with Crippen molar-refractivity contribution in [2.24, 2.45) is 0 Å². The predicted molar refractivity (Wildman–Crippen MR) is 74.6 cm³/mol. The van der Waals surface area contributed by atoms with Crippen LogP contribution in [0.3, 0.4) is 0 Å². The number of halogens is 1. The van der Waals surface area contributed by atoms with Crippen LogP contribution in [0, 0.1) is 0 Å². The molecule has 1 aliphatic heterocycles. The SMILES string of the molecule is CCCCO[C@H](c1ccc2c(c1)OCO2)[C@@H](C)Br. The lowest BCUT2D eigenvalue weighted by Gasteiger charge is -2.21. The van der Waals surface area contributed by atoms with Crippen molar-refractivity contribution >= 4 is 15.9 Å². The second-order valence-corrected chi connectivity index (χ2v) is 5.88. The van der Waals surface area contributed by atoms with Crippen molar-refractivity contribution in [2.45, 2.75) is 37.6 Å². The average Bonchev–Trinajstić information content (AvgIpc) is 2.81. The fourth-order valence-electron chi connectivity index (χ4n) is 1.94. The summed E-state index contributed by atoms with van der Waals surface area (Å²) in [4.78, 5) is 0.259. The molecule has 100 valence electrons. The van der Waals surface area contributed by atoms with Gasteiger partial charge in [0.2, 0.25) is 6.79 Å². The van der Waals surface area contributed by atoms with Crippen molar-refractivity contribution in [2.75, 3.05) is 13.4 Å². The average molecular weight is 315 g/mol. The Morgan fingerprint density at radius 1 is 1.33 bits per heavy atom. The Morgan fingerprint density at radius 2 is 2.11 bits per heavy atom. The molecule has 0 aromatic heterocycles. The quantitative estimate of drug-likeness (QED) is 0.585. The molecule has 1 aliphatic rings. The summed E-state index contributed by atoms with van der Waals surface area (Å²) in [5, 5.41) is 0. The van der Waals surface area contributed by atoms with Crippen molar-refractivity contribution < 1.29 is 14.2 Å². The van der Waals surface area contributed by atoms with Crippen LogP contribution in [-0.2, 0) is 4.74 Å². The molecule has 0 saturated heterocycles. The molecule has 0 aliphatic carbocycles. The zero-order chi connectivity index (χ0) is 13.0. The second kappa shape index (κ2) is 6.43. The molecular formula is C14H19BrO3. The molecular weight excluding hydrogens is 296 g/mol. The van der Waals surface area contributed by atoms with Gasteiger partial charge in [-0.3, -0.25) is 0 Å². The standard InChI is InChI=1S/C14H19BrO3/c1-3-4-7-16-14(10(2)15)11-5-6-12-13(8-11)18-9-17-12/h5-6,8,10,14H,3-4,7,9H2,1-2H3/t10-,14+/m1/s1. The second-order valence-electron chi connectivity index (χ2n) is 4.44. The predicted octanol–water partition coefficient (Wildman–Crippen LogP) is 4.06. The van der Waals surface area contributed by atoms with Crippen molar-refractivity contribution in [3.05, 3.63) is 23.8 Å². The zero-order valence-corrected chi connectivity index (χ0v) is 12.4. The highest BCUT2D eigenvalue weighted by Crippen LogP contribution is 2.36. The van der Waals surface area contributed by atoms with E-state index in [-0.39, 0.29) is 10.9 Å². The monoisotopic (exact) mass is 314 g/mol. The molecule has 2 atom stereocenters. The summed E-state index contributed by atoms with van der Waals surface area (Å²) in [6.45, 7) is 5.35. The van der Waals surface area contributed by atoms with E-state index in [1.165, 1.54) is 0 Å². The fourth-order valence-corrected chi connectivity index (χ4v) is 2.40. The topological polar surface area (TPSA) is 27.7 Å². The van der Waals surface area contributed by atoms with Crippen LogP contribution in [0.25, 0.3) is 0 Å². The van der Waals surface area contributed by atoms with Gasteiger partial charge in [0.1, 0.15) is 0 Å². The van der Waals surface area contributed by atoms with Crippen LogP contribution in [0.1, 0.15) is 38.4 Å². The van der Waals surface area contributed by atoms with Crippen LogP contribution in [-0.4, -0.2) is 18.2 Å². The summed E-state index contributed by atoms with van der Waals surface area (Å²) in [7, 11) is 0. The number of ether oxygens (including phenoxy) is 3. The molecule has 0 bridgehead atoms. The first kappa shape index (κ1) is 13.7. The van der Waals surface area contributed by atoms with Gasteiger partial charge in [-0.15, -0.1) is 0 Å². The third-order valence-electron chi connectivity index (χ3n) is 2.94. The van der Waals surface area contributed by atoms with E-state index in [0.717, 1.165) is 36.5 Å². The summed E-state index contributed by atoms with van der Waals surface area (Å²) < 4.78 is 16.7. The Kier molecular flexibility index (Phi) is 4.89. The lowest BCUT2D eigenvalue weighted by atomic mass is 10.1. The van der Waals surface area contributed by atoms with Gasteiger partial charge in [0, 0.05) is 11.4 Å². The summed E-state index contributed by atoms with van der Waals surface area (Å²) in [5.41, 5.74) is 1.12. The van der Waals surface area contributed by atoms with E-state index < -0.39 is 0 Å². The van der Waals surface area contributed by atoms with E-state index in [4.69, 9.17) is 14.2 Å². The lowest BCUT2D eigenvalue weighted by molar-refractivity contribution is 0.0530. The van der Waals surface area contributed by atoms with E-state index in [9.17, 15) is 0 Å². The molecule has 0 amide bonds. The maximum Gasteiger partial charge on any atom is 0.231 e. The van der Waals surface area contributed by atoms with E-state index in [1.807, 2.05) is 18.2 Å². The largest absolute Gasteiger partial charge is 0.454 e. The first-order chi connectivity index (χ1) is 8.72. The summed E-state index contributed by atoms with van der Waals surface area (Å²) in [6, 6.07) is 6.00. The highest BCUT2D eigenvalue weighted by Gasteiger charge is 2.21. The van der Waals surface area contributed by atoms with Crippen LogP contribution in [0.15, 0.2) is 18.2 Å². The molecule has 1 aromatic rings. The molecule has 0 fully saturated rings. The summed E-state index contributed by atoms with van der Waals surface area (Å²) >= 11 is 3.61. The summed E-state index contributed by atoms with van der Waals surface area (Å²) in [5.74, 6) is 1.62. The molecule has 2 rings (SSSR count). The number of hydrogen-bond acceptors (Lipinski definition) is 3. The number of unbranched alkanes of at least 4 members (excludes halogenated alkanes) is 1. The van der Waals surface area contributed by atoms with Crippen molar-refractivity contribution in [1.82, 2.24) is 0 Å². The molecule has 3 nitrogen and oxygen atoms in total. The molecule has 0 spiro atoms. The van der Waals surface area contributed by atoms with E-state index >= 15 is 0 Å². The maximum absolute atomic E-state index is 5.95. The van der Waals surface area contributed by atoms with Crippen molar-refractivity contribution in [3.8, 4) is 11.5 Å². The minimum Gasteiger partial charge on any atom is -0.454 e. The third kappa shape index (κ3) is 3.18. The van der Waals surface area contributed by atoms with E-state index in [1.54, 1.807) is 0 Å². The number of hydrogen-bond donors (Lipinski definition) is 0. The molecule has 0 N–H and O–H groups in total. The highest BCUT2D eigenvalue weighted by atomic mass is 79.9. The Balaban J connectivity index is 2.10. The van der Waals surface area contributed by atoms with Crippen LogP contribution < -0.4 is 9.47 Å². The number of alkyl halides is 1. The Morgan fingerprint density at radius 3 is 2.83 bits per heavy atom. The zero-order valence-electron chi connectivity index (χ0n) is 10.8. The van der Waals surface area contributed by atoms with Gasteiger partial charge in [-0.2, -0.15) is 0 Å². The molecule has 0 unspecified atom stereocenters. The van der Waals surface area contributed by atoms with Crippen molar-refractivity contribution in [3.63, 3.8) is 0 Å². The Bertz CT molecular complexity index is 393. The molecule has 1 aromatic carbocycles. The third-order valence-corrected chi connectivity index (χ3v) is 3.42. The van der Waals surface area contributed by atoms with Gasteiger partial charge >= 0.3 is 0 Å². The van der Waals surface area contributed by atoms with Crippen LogP contribution in [0.4, 0.5) is 0 Å². The Labute approximate surface area is 117 Å². The first-order valence-electron chi connectivity index (χ1n) is 6.37. The highest BCUT2D eigenvalue weighted by molar-refractivity contribution is 9.09. The molecule has 0 saturated carbocycles. The van der Waals surface area contributed by atoms with Crippen LogP contribution in [0.2, 0.25) is 0 Å². The van der Waals surface area contributed by atoms with Crippen LogP contribution >= 0.6 is 15.9 Å². The van der Waals surface area contributed by atoms with Gasteiger partial charge < -0.3 is 14.2 Å². The minimum atomic E-state index is 0.0473. The van der Waals surface area contributed by atoms with Crippen LogP contribution in [0.5, 0.6) is 11.5 Å². The summed E-state index contributed by atoms with van der Waals surface area (Å²) in [6.07, 6.45) is 2.27. The smallest absolute Gasteiger partial charge is 0.231 e. The maximum atomic E-state index is 5.95.